The average molecular weight is 186 g/mol. The van der Waals surface area contributed by atoms with Gasteiger partial charge in [0, 0.05) is 5.41 Å². The van der Waals surface area contributed by atoms with Crippen LogP contribution in [-0.2, 0) is 4.74 Å². The Balaban J connectivity index is 2.53. The van der Waals surface area contributed by atoms with Crippen molar-refractivity contribution in [1.29, 1.82) is 0 Å². The van der Waals surface area contributed by atoms with Crippen molar-refractivity contribution in [1.82, 2.24) is 0 Å². The fourth-order valence-electron chi connectivity index (χ4n) is 1.96. The normalized spacial score (nSPS) is 33.2. The van der Waals surface area contributed by atoms with Gasteiger partial charge in [-0.2, -0.15) is 0 Å². The molecule has 0 aromatic carbocycles. The Labute approximate surface area is 81.3 Å². The molecule has 1 saturated heterocycles. The Kier molecular flexibility index (Phi) is 3.74. The molecular weight excluding hydrogens is 164 g/mol. The second-order valence-corrected chi connectivity index (χ2v) is 4.40. The first-order chi connectivity index (χ1) is 6.16. The van der Waals surface area contributed by atoms with Crippen LogP contribution < -0.4 is 0 Å². The summed E-state index contributed by atoms with van der Waals surface area (Å²) < 4.78 is 5.90. The molecule has 78 valence electrons. The zero-order valence-electron chi connectivity index (χ0n) is 9.05. The van der Waals surface area contributed by atoms with Gasteiger partial charge in [0.15, 0.2) is 0 Å². The van der Waals surface area contributed by atoms with E-state index in [1.165, 1.54) is 0 Å². The van der Waals surface area contributed by atoms with E-state index in [0.717, 1.165) is 25.7 Å². The smallest absolute Gasteiger partial charge is 0.0655 e. The number of ether oxygens (including phenoxy) is 1. The third-order valence-electron chi connectivity index (χ3n) is 3.51. The van der Waals surface area contributed by atoms with Crippen molar-refractivity contribution in [2.75, 3.05) is 6.61 Å². The van der Waals surface area contributed by atoms with Gasteiger partial charge in [-0.15, -0.1) is 0 Å². The summed E-state index contributed by atoms with van der Waals surface area (Å²) in [7, 11) is 0. The van der Waals surface area contributed by atoms with Crippen LogP contribution >= 0.6 is 0 Å². The molecule has 3 atom stereocenters. The van der Waals surface area contributed by atoms with Crippen LogP contribution in [-0.4, -0.2) is 23.9 Å². The van der Waals surface area contributed by atoms with E-state index in [0.29, 0.717) is 6.10 Å². The SMILES string of the molecule is CCC1CCC(C(C)(CC)CO)O1. The van der Waals surface area contributed by atoms with Gasteiger partial charge in [0.25, 0.3) is 0 Å². The summed E-state index contributed by atoms with van der Waals surface area (Å²) in [6, 6.07) is 0. The predicted octanol–water partition coefficient (Wildman–Crippen LogP) is 2.35. The molecule has 1 aliphatic heterocycles. The van der Waals surface area contributed by atoms with Crippen molar-refractivity contribution in [3.8, 4) is 0 Å². The summed E-state index contributed by atoms with van der Waals surface area (Å²) in [5, 5.41) is 9.32. The third-order valence-corrected chi connectivity index (χ3v) is 3.51. The van der Waals surface area contributed by atoms with Crippen LogP contribution in [0.25, 0.3) is 0 Å². The average Bonchev–Trinajstić information content (AvgIpc) is 2.65. The van der Waals surface area contributed by atoms with Crippen molar-refractivity contribution in [2.45, 2.75) is 58.7 Å². The highest BCUT2D eigenvalue weighted by Gasteiger charge is 2.38. The van der Waals surface area contributed by atoms with Gasteiger partial charge in [-0.1, -0.05) is 20.8 Å². The van der Waals surface area contributed by atoms with E-state index in [9.17, 15) is 5.11 Å². The van der Waals surface area contributed by atoms with Crippen LogP contribution in [0.5, 0.6) is 0 Å². The maximum Gasteiger partial charge on any atom is 0.0655 e. The number of aliphatic hydroxyl groups excluding tert-OH is 1. The number of rotatable bonds is 4. The van der Waals surface area contributed by atoms with E-state index < -0.39 is 0 Å². The van der Waals surface area contributed by atoms with Crippen LogP contribution in [0.15, 0.2) is 0 Å². The molecule has 0 aliphatic carbocycles. The minimum absolute atomic E-state index is 0.0239. The van der Waals surface area contributed by atoms with Crippen LogP contribution in [0.3, 0.4) is 0 Å². The molecule has 1 rings (SSSR count). The molecule has 0 aromatic heterocycles. The predicted molar refractivity (Wildman–Crippen MR) is 53.7 cm³/mol. The number of aliphatic hydroxyl groups is 1. The molecule has 13 heavy (non-hydrogen) atoms. The summed E-state index contributed by atoms with van der Waals surface area (Å²) in [6.07, 6.45) is 5.07. The Morgan fingerprint density at radius 3 is 2.46 bits per heavy atom. The van der Waals surface area contributed by atoms with E-state index in [4.69, 9.17) is 4.74 Å². The van der Waals surface area contributed by atoms with Gasteiger partial charge < -0.3 is 9.84 Å². The topological polar surface area (TPSA) is 29.5 Å². The van der Waals surface area contributed by atoms with Gasteiger partial charge in [-0.25, -0.2) is 0 Å². The first-order valence-corrected chi connectivity index (χ1v) is 5.42. The van der Waals surface area contributed by atoms with Gasteiger partial charge in [0.05, 0.1) is 18.8 Å². The Morgan fingerprint density at radius 2 is 2.08 bits per heavy atom. The highest BCUT2D eigenvalue weighted by molar-refractivity contribution is 4.86. The molecule has 0 aromatic rings. The third kappa shape index (κ3) is 2.23. The minimum Gasteiger partial charge on any atom is -0.396 e. The summed E-state index contributed by atoms with van der Waals surface area (Å²) in [5.41, 5.74) is -0.0239. The Bertz CT molecular complexity index is 152. The molecule has 0 saturated carbocycles. The van der Waals surface area contributed by atoms with E-state index in [-0.39, 0.29) is 18.1 Å². The number of hydrogen-bond donors (Lipinski definition) is 1. The van der Waals surface area contributed by atoms with E-state index >= 15 is 0 Å². The zero-order chi connectivity index (χ0) is 9.90. The van der Waals surface area contributed by atoms with Crippen molar-refractivity contribution < 1.29 is 9.84 Å². The van der Waals surface area contributed by atoms with Gasteiger partial charge in [0.2, 0.25) is 0 Å². The van der Waals surface area contributed by atoms with Crippen LogP contribution in [0.4, 0.5) is 0 Å². The lowest BCUT2D eigenvalue weighted by molar-refractivity contribution is -0.0555. The highest BCUT2D eigenvalue weighted by Crippen LogP contribution is 2.36. The monoisotopic (exact) mass is 186 g/mol. The Hall–Kier alpha value is -0.0800. The standard InChI is InChI=1S/C11H22O2/c1-4-9-6-7-10(13-9)11(3,5-2)8-12/h9-10,12H,4-8H2,1-3H3. The molecule has 1 N–H and O–H groups in total. The molecule has 3 unspecified atom stereocenters. The van der Waals surface area contributed by atoms with Gasteiger partial charge in [-0.3, -0.25) is 0 Å². The minimum atomic E-state index is -0.0239. The fraction of sp³-hybridized carbons (Fsp3) is 1.00. The summed E-state index contributed by atoms with van der Waals surface area (Å²) in [5.74, 6) is 0. The highest BCUT2D eigenvalue weighted by atomic mass is 16.5. The summed E-state index contributed by atoms with van der Waals surface area (Å²) in [4.78, 5) is 0. The molecule has 0 spiro atoms. The maximum absolute atomic E-state index is 9.32. The molecule has 1 heterocycles. The first kappa shape index (κ1) is 11.0. The molecule has 0 radical (unpaired) electrons. The lowest BCUT2D eigenvalue weighted by Gasteiger charge is -2.32. The summed E-state index contributed by atoms with van der Waals surface area (Å²) >= 11 is 0. The molecule has 1 fully saturated rings. The second-order valence-electron chi connectivity index (χ2n) is 4.40. The molecule has 0 bridgehead atoms. The second kappa shape index (κ2) is 4.43. The first-order valence-electron chi connectivity index (χ1n) is 5.42. The summed E-state index contributed by atoms with van der Waals surface area (Å²) in [6.45, 7) is 6.65. The maximum atomic E-state index is 9.32. The molecular formula is C11H22O2. The van der Waals surface area contributed by atoms with Gasteiger partial charge >= 0.3 is 0 Å². The number of hydrogen-bond acceptors (Lipinski definition) is 2. The van der Waals surface area contributed by atoms with E-state index in [2.05, 4.69) is 20.8 Å². The zero-order valence-corrected chi connectivity index (χ0v) is 9.05. The van der Waals surface area contributed by atoms with Crippen molar-refractivity contribution in [2.24, 2.45) is 5.41 Å². The van der Waals surface area contributed by atoms with Gasteiger partial charge in [-0.05, 0) is 25.7 Å². The Morgan fingerprint density at radius 1 is 1.38 bits per heavy atom. The molecule has 0 amide bonds. The van der Waals surface area contributed by atoms with Crippen molar-refractivity contribution >= 4 is 0 Å². The quantitative estimate of drug-likeness (QED) is 0.730. The fourth-order valence-corrected chi connectivity index (χ4v) is 1.96. The van der Waals surface area contributed by atoms with Crippen molar-refractivity contribution in [3.63, 3.8) is 0 Å². The van der Waals surface area contributed by atoms with E-state index in [1.54, 1.807) is 0 Å². The van der Waals surface area contributed by atoms with E-state index in [1.807, 2.05) is 0 Å². The van der Waals surface area contributed by atoms with Crippen LogP contribution in [0.2, 0.25) is 0 Å². The van der Waals surface area contributed by atoms with Gasteiger partial charge in [0.1, 0.15) is 0 Å². The molecule has 2 heteroatoms. The molecule has 2 nitrogen and oxygen atoms in total. The van der Waals surface area contributed by atoms with Crippen LogP contribution in [0, 0.1) is 5.41 Å². The lowest BCUT2D eigenvalue weighted by atomic mass is 9.81. The molecule has 1 aliphatic rings. The lowest BCUT2D eigenvalue weighted by Crippen LogP contribution is -2.35. The van der Waals surface area contributed by atoms with Crippen molar-refractivity contribution in [3.05, 3.63) is 0 Å². The largest absolute Gasteiger partial charge is 0.396 e. The van der Waals surface area contributed by atoms with Crippen LogP contribution in [0.1, 0.15) is 46.5 Å².